The Labute approximate surface area is 198 Å². The van der Waals surface area contributed by atoms with Gasteiger partial charge in [-0.25, -0.2) is 15.0 Å². The lowest BCUT2D eigenvalue weighted by molar-refractivity contribution is -0.115. The fourth-order valence-electron chi connectivity index (χ4n) is 3.02. The van der Waals surface area contributed by atoms with Crippen molar-refractivity contribution in [3.63, 3.8) is 0 Å². The summed E-state index contributed by atoms with van der Waals surface area (Å²) in [4.78, 5) is 36.7. The fourth-order valence-corrected chi connectivity index (χ4v) is 4.03. The van der Waals surface area contributed by atoms with Crippen LogP contribution in [0.15, 0.2) is 41.8 Å². The number of rotatable bonds is 9. The van der Waals surface area contributed by atoms with Crippen LogP contribution in [0.3, 0.4) is 0 Å². The SMILES string of the molecule is CC[C@H](Sc1nc(N)nc2nc[nH]c12)C(=O)Nc1nccc(Oc2ccc(OC)c(OC)c2)n1. The molecule has 0 radical (unpaired) electrons. The first-order valence-electron chi connectivity index (χ1n) is 10.2. The number of benzene rings is 1. The molecule has 1 amide bonds. The fraction of sp³-hybridized carbons (Fsp3) is 0.238. The van der Waals surface area contributed by atoms with Gasteiger partial charge in [-0.2, -0.15) is 9.97 Å². The number of anilines is 2. The molecule has 0 saturated heterocycles. The summed E-state index contributed by atoms with van der Waals surface area (Å²) in [6.07, 6.45) is 3.52. The molecule has 0 unspecified atom stereocenters. The first kappa shape index (κ1) is 23.0. The number of amides is 1. The van der Waals surface area contributed by atoms with Crippen LogP contribution in [0.4, 0.5) is 11.9 Å². The van der Waals surface area contributed by atoms with Crippen molar-refractivity contribution in [3.8, 4) is 23.1 Å². The van der Waals surface area contributed by atoms with Crippen molar-refractivity contribution in [1.82, 2.24) is 29.9 Å². The molecule has 1 aromatic carbocycles. The number of imidazole rings is 1. The Morgan fingerprint density at radius 3 is 2.74 bits per heavy atom. The molecule has 176 valence electrons. The molecule has 0 bridgehead atoms. The molecular weight excluding hydrogens is 460 g/mol. The van der Waals surface area contributed by atoms with Gasteiger partial charge in [0, 0.05) is 18.3 Å². The van der Waals surface area contributed by atoms with Gasteiger partial charge in [0.05, 0.1) is 25.8 Å². The van der Waals surface area contributed by atoms with Gasteiger partial charge in [-0.15, -0.1) is 0 Å². The molecule has 12 nitrogen and oxygen atoms in total. The van der Waals surface area contributed by atoms with Crippen LogP contribution in [0.1, 0.15) is 13.3 Å². The van der Waals surface area contributed by atoms with Crippen molar-refractivity contribution < 1.29 is 19.0 Å². The molecule has 1 atom stereocenters. The van der Waals surface area contributed by atoms with E-state index in [1.807, 2.05) is 6.92 Å². The van der Waals surface area contributed by atoms with Crippen LogP contribution in [-0.2, 0) is 4.79 Å². The predicted molar refractivity (Wildman–Crippen MR) is 126 cm³/mol. The van der Waals surface area contributed by atoms with Crippen LogP contribution < -0.4 is 25.3 Å². The van der Waals surface area contributed by atoms with Crippen LogP contribution in [-0.4, -0.2) is 55.3 Å². The number of nitrogens with zero attached hydrogens (tertiary/aromatic N) is 5. The van der Waals surface area contributed by atoms with Crippen LogP contribution in [0.5, 0.6) is 23.1 Å². The average Bonchev–Trinajstić information content (AvgIpc) is 3.31. The van der Waals surface area contributed by atoms with E-state index in [0.717, 1.165) is 0 Å². The molecule has 3 aromatic heterocycles. The van der Waals surface area contributed by atoms with Crippen molar-refractivity contribution >= 4 is 40.7 Å². The second kappa shape index (κ2) is 10.2. The highest BCUT2D eigenvalue weighted by atomic mass is 32.2. The van der Waals surface area contributed by atoms with Gasteiger partial charge in [0.25, 0.3) is 0 Å². The van der Waals surface area contributed by atoms with Crippen LogP contribution in [0, 0.1) is 0 Å². The largest absolute Gasteiger partial charge is 0.493 e. The van der Waals surface area contributed by atoms with Gasteiger partial charge < -0.3 is 24.9 Å². The number of hydrogen-bond donors (Lipinski definition) is 3. The van der Waals surface area contributed by atoms with E-state index in [1.54, 1.807) is 31.4 Å². The van der Waals surface area contributed by atoms with Gasteiger partial charge in [0.1, 0.15) is 16.3 Å². The standard InChI is InChI=1S/C21H22N8O4S/c1-4-14(34-19-16-17(25-10-24-16)27-20(22)29-19)18(30)28-21-23-8-7-15(26-21)33-11-5-6-12(31-2)13(9-11)32-3/h5-10,14H,4H2,1-3H3,(H,23,26,28,30)(H3,22,24,25,27,29)/t14-/m0/s1. The zero-order valence-electron chi connectivity index (χ0n) is 18.6. The second-order valence-corrected chi connectivity index (χ2v) is 8.02. The molecule has 4 aromatic rings. The minimum atomic E-state index is -0.486. The number of methoxy groups -OCH3 is 2. The van der Waals surface area contributed by atoms with E-state index < -0.39 is 5.25 Å². The molecule has 13 heteroatoms. The zero-order chi connectivity index (χ0) is 24.1. The smallest absolute Gasteiger partial charge is 0.240 e. The van der Waals surface area contributed by atoms with Crippen molar-refractivity contribution in [2.45, 2.75) is 23.6 Å². The minimum Gasteiger partial charge on any atom is -0.493 e. The first-order valence-corrected chi connectivity index (χ1v) is 11.1. The Morgan fingerprint density at radius 2 is 1.97 bits per heavy atom. The highest BCUT2D eigenvalue weighted by Gasteiger charge is 2.22. The quantitative estimate of drug-likeness (QED) is 0.237. The Kier molecular flexibility index (Phi) is 6.92. The molecule has 0 aliphatic heterocycles. The summed E-state index contributed by atoms with van der Waals surface area (Å²) in [5.74, 6) is 1.73. The number of nitrogens with two attached hydrogens (primary N) is 1. The Morgan fingerprint density at radius 1 is 1.15 bits per heavy atom. The summed E-state index contributed by atoms with van der Waals surface area (Å²) in [5.41, 5.74) is 6.83. The van der Waals surface area contributed by atoms with Crippen molar-refractivity contribution in [2.75, 3.05) is 25.3 Å². The van der Waals surface area contributed by atoms with Gasteiger partial charge in [-0.3, -0.25) is 10.1 Å². The highest BCUT2D eigenvalue weighted by Crippen LogP contribution is 2.33. The molecule has 0 aliphatic rings. The maximum absolute atomic E-state index is 12.9. The van der Waals surface area contributed by atoms with Crippen molar-refractivity contribution in [3.05, 3.63) is 36.8 Å². The van der Waals surface area contributed by atoms with E-state index in [9.17, 15) is 4.79 Å². The Balaban J connectivity index is 1.47. The summed E-state index contributed by atoms with van der Waals surface area (Å²) in [6, 6.07) is 6.69. The third-order valence-electron chi connectivity index (χ3n) is 4.63. The van der Waals surface area contributed by atoms with Crippen LogP contribution in [0.25, 0.3) is 11.2 Å². The summed E-state index contributed by atoms with van der Waals surface area (Å²) in [7, 11) is 3.09. The molecule has 0 aliphatic carbocycles. The van der Waals surface area contributed by atoms with Gasteiger partial charge >= 0.3 is 0 Å². The summed E-state index contributed by atoms with van der Waals surface area (Å²) in [6.45, 7) is 1.89. The third kappa shape index (κ3) is 5.09. The van der Waals surface area contributed by atoms with Crippen LogP contribution in [0.2, 0.25) is 0 Å². The number of H-pyrrole nitrogens is 1. The number of aromatic nitrogens is 6. The number of aromatic amines is 1. The Hall–Kier alpha value is -4.13. The topological polar surface area (TPSA) is 163 Å². The summed E-state index contributed by atoms with van der Waals surface area (Å²) in [5, 5.41) is 2.78. The zero-order valence-corrected chi connectivity index (χ0v) is 19.4. The van der Waals surface area contributed by atoms with Crippen molar-refractivity contribution in [2.24, 2.45) is 0 Å². The maximum Gasteiger partial charge on any atom is 0.240 e. The molecule has 4 N–H and O–H groups in total. The van der Waals surface area contributed by atoms with Crippen LogP contribution >= 0.6 is 11.8 Å². The van der Waals surface area contributed by atoms with Gasteiger partial charge in [-0.1, -0.05) is 18.7 Å². The predicted octanol–water partition coefficient (Wildman–Crippen LogP) is 3.04. The Bertz CT molecular complexity index is 1320. The normalized spacial score (nSPS) is 11.7. The lowest BCUT2D eigenvalue weighted by atomic mass is 10.3. The van der Waals surface area contributed by atoms with Gasteiger partial charge in [-0.05, 0) is 18.6 Å². The van der Waals surface area contributed by atoms with E-state index in [1.165, 1.54) is 31.4 Å². The van der Waals surface area contributed by atoms with E-state index in [-0.39, 0.29) is 23.7 Å². The molecule has 4 rings (SSSR count). The van der Waals surface area contributed by atoms with Crippen molar-refractivity contribution in [1.29, 1.82) is 0 Å². The monoisotopic (exact) mass is 482 g/mol. The van der Waals surface area contributed by atoms with E-state index in [4.69, 9.17) is 19.9 Å². The third-order valence-corrected chi connectivity index (χ3v) is 5.98. The van der Waals surface area contributed by atoms with Gasteiger partial charge in [0.15, 0.2) is 17.1 Å². The second-order valence-electron chi connectivity index (χ2n) is 6.83. The number of thioether (sulfide) groups is 1. The number of ether oxygens (including phenoxy) is 3. The molecular formula is C21H22N8O4S. The van der Waals surface area contributed by atoms with Gasteiger partial charge in [0.2, 0.25) is 23.7 Å². The molecule has 0 fully saturated rings. The molecule has 34 heavy (non-hydrogen) atoms. The first-order chi connectivity index (χ1) is 16.5. The lowest BCUT2D eigenvalue weighted by Crippen LogP contribution is -2.25. The maximum atomic E-state index is 12.9. The number of carbonyl (C=O) groups is 1. The van der Waals surface area contributed by atoms with E-state index in [0.29, 0.717) is 39.9 Å². The van der Waals surface area contributed by atoms with E-state index >= 15 is 0 Å². The van der Waals surface area contributed by atoms with E-state index in [2.05, 4.69) is 35.2 Å². The lowest BCUT2D eigenvalue weighted by Gasteiger charge is -2.14. The number of nitrogens with one attached hydrogen (secondary N) is 2. The highest BCUT2D eigenvalue weighted by molar-refractivity contribution is 8.00. The average molecular weight is 483 g/mol. The summed E-state index contributed by atoms with van der Waals surface area (Å²) >= 11 is 1.25. The number of carbonyl (C=O) groups excluding carboxylic acids is 1. The molecule has 3 heterocycles. The minimum absolute atomic E-state index is 0.0840. The number of hydrogen-bond acceptors (Lipinski definition) is 11. The summed E-state index contributed by atoms with van der Waals surface area (Å²) < 4.78 is 16.3. The number of fused-ring (bicyclic) bond motifs is 1. The molecule has 0 spiro atoms. The number of nitrogen functional groups attached to an aromatic ring is 1. The molecule has 0 saturated carbocycles.